The fourth-order valence-electron chi connectivity index (χ4n) is 3.10. The summed E-state index contributed by atoms with van der Waals surface area (Å²) in [6.45, 7) is 1.97. The van der Waals surface area contributed by atoms with Gasteiger partial charge in [-0.05, 0) is 25.1 Å². The highest BCUT2D eigenvalue weighted by Gasteiger charge is 2.13. The van der Waals surface area contributed by atoms with Crippen molar-refractivity contribution in [2.24, 2.45) is 0 Å². The van der Waals surface area contributed by atoms with Gasteiger partial charge < -0.3 is 4.74 Å². The van der Waals surface area contributed by atoms with Gasteiger partial charge in [-0.2, -0.15) is 0 Å². The Morgan fingerprint density at radius 3 is 2.68 bits per heavy atom. The Morgan fingerprint density at radius 1 is 1.10 bits per heavy atom. The summed E-state index contributed by atoms with van der Waals surface area (Å²) >= 11 is 6.19. The third-order valence-electron chi connectivity index (χ3n) is 4.36. The van der Waals surface area contributed by atoms with Crippen molar-refractivity contribution in [1.29, 1.82) is 0 Å². The molecule has 2 aromatic heterocycles. The molecule has 2 aromatic carbocycles. The lowest BCUT2D eigenvalue weighted by molar-refractivity contribution is -0.142. The Morgan fingerprint density at radius 2 is 1.90 bits per heavy atom. The van der Waals surface area contributed by atoms with E-state index in [9.17, 15) is 9.59 Å². The molecular formula is C22H18ClN5O3. The van der Waals surface area contributed by atoms with Crippen LogP contribution in [-0.2, 0) is 16.0 Å². The summed E-state index contributed by atoms with van der Waals surface area (Å²) in [5.41, 5.74) is 2.11. The summed E-state index contributed by atoms with van der Waals surface area (Å²) < 4.78 is 4.92. The van der Waals surface area contributed by atoms with Crippen LogP contribution in [0, 0.1) is 0 Å². The lowest BCUT2D eigenvalue weighted by Crippen LogP contribution is -2.16. The zero-order valence-electron chi connectivity index (χ0n) is 16.6. The number of fused-ring (bicyclic) bond motifs is 1. The number of esters is 1. The van der Waals surface area contributed by atoms with Crippen molar-refractivity contribution in [1.82, 2.24) is 19.9 Å². The molecule has 2 N–H and O–H groups in total. The van der Waals surface area contributed by atoms with E-state index >= 15 is 0 Å². The first kappa shape index (κ1) is 20.5. The highest BCUT2D eigenvalue weighted by atomic mass is 35.5. The molecule has 0 unspecified atom stereocenters. The summed E-state index contributed by atoms with van der Waals surface area (Å²) in [6.07, 6.45) is -0.112. The number of nitrogens with zero attached hydrogens (tertiary/aromatic N) is 3. The molecule has 31 heavy (non-hydrogen) atoms. The van der Waals surface area contributed by atoms with E-state index in [-0.39, 0.29) is 30.6 Å². The molecule has 0 radical (unpaired) electrons. The predicted molar refractivity (Wildman–Crippen MR) is 118 cm³/mol. The molecule has 0 aliphatic carbocycles. The van der Waals surface area contributed by atoms with Gasteiger partial charge in [-0.3, -0.25) is 19.9 Å². The first-order valence-corrected chi connectivity index (χ1v) is 9.95. The fraction of sp³-hybridized carbons (Fsp3) is 0.136. The molecule has 4 rings (SSSR count). The minimum absolute atomic E-state index is 0.112. The van der Waals surface area contributed by atoms with Crippen LogP contribution in [0.4, 0.5) is 11.9 Å². The largest absolute Gasteiger partial charge is 0.466 e. The molecule has 156 valence electrons. The third-order valence-corrected chi connectivity index (χ3v) is 4.60. The number of aromatic nitrogens is 4. The number of carbonyl (C=O) groups excluding carboxylic acids is 1. The number of benzene rings is 2. The average molecular weight is 436 g/mol. The summed E-state index contributed by atoms with van der Waals surface area (Å²) in [7, 11) is 0. The van der Waals surface area contributed by atoms with E-state index in [1.54, 1.807) is 19.1 Å². The van der Waals surface area contributed by atoms with Gasteiger partial charge in [0.15, 0.2) is 0 Å². The highest BCUT2D eigenvalue weighted by Crippen LogP contribution is 2.29. The van der Waals surface area contributed by atoms with E-state index in [0.29, 0.717) is 16.2 Å². The summed E-state index contributed by atoms with van der Waals surface area (Å²) in [5, 5.41) is 4.30. The van der Waals surface area contributed by atoms with Gasteiger partial charge in [0.1, 0.15) is 0 Å². The van der Waals surface area contributed by atoms with Crippen molar-refractivity contribution in [3.8, 4) is 11.3 Å². The van der Waals surface area contributed by atoms with Crippen molar-refractivity contribution in [2.75, 3.05) is 11.9 Å². The maximum absolute atomic E-state index is 12.0. The number of hydrogen-bond acceptors (Lipinski definition) is 7. The number of hydrogen-bond donors (Lipinski definition) is 2. The number of ether oxygens (including phenoxy) is 1. The van der Waals surface area contributed by atoms with Gasteiger partial charge in [0.05, 0.1) is 29.9 Å². The highest BCUT2D eigenvalue weighted by molar-refractivity contribution is 6.31. The van der Waals surface area contributed by atoms with Gasteiger partial charge in [-0.15, -0.1) is 0 Å². The second kappa shape index (κ2) is 8.93. The Hall–Kier alpha value is -3.78. The summed E-state index contributed by atoms with van der Waals surface area (Å²) in [4.78, 5) is 39.8. The molecule has 0 bridgehead atoms. The lowest BCUT2D eigenvalue weighted by Gasteiger charge is -2.11. The maximum Gasteiger partial charge on any atom is 0.311 e. The topological polar surface area (TPSA) is 110 Å². The molecule has 4 aromatic rings. The molecule has 9 heteroatoms. The number of aromatic amines is 1. The molecule has 0 fully saturated rings. The monoisotopic (exact) mass is 435 g/mol. The fourth-order valence-corrected chi connectivity index (χ4v) is 3.27. The Bertz CT molecular complexity index is 1310. The number of anilines is 2. The smallest absolute Gasteiger partial charge is 0.311 e. The quantitative estimate of drug-likeness (QED) is 0.442. The van der Waals surface area contributed by atoms with Gasteiger partial charge in [-0.25, -0.2) is 15.0 Å². The van der Waals surface area contributed by atoms with Gasteiger partial charge in [-0.1, -0.05) is 41.9 Å². The summed E-state index contributed by atoms with van der Waals surface area (Å²) in [6, 6.07) is 16.2. The van der Waals surface area contributed by atoms with Crippen molar-refractivity contribution in [2.45, 2.75) is 13.3 Å². The van der Waals surface area contributed by atoms with Gasteiger partial charge in [0.25, 0.3) is 5.56 Å². The van der Waals surface area contributed by atoms with Gasteiger partial charge in [0, 0.05) is 22.0 Å². The summed E-state index contributed by atoms with van der Waals surface area (Å²) in [5.74, 6) is -0.0963. The van der Waals surface area contributed by atoms with E-state index in [2.05, 4.69) is 25.3 Å². The number of halogens is 1. The average Bonchev–Trinajstić information content (AvgIpc) is 2.74. The molecule has 0 amide bonds. The van der Waals surface area contributed by atoms with E-state index in [4.69, 9.17) is 16.3 Å². The minimum atomic E-state index is -0.461. The van der Waals surface area contributed by atoms with E-state index in [0.717, 1.165) is 10.9 Å². The zero-order chi connectivity index (χ0) is 21.8. The van der Waals surface area contributed by atoms with E-state index < -0.39 is 11.5 Å². The molecule has 0 aliphatic heterocycles. The molecule has 2 heterocycles. The van der Waals surface area contributed by atoms with E-state index in [1.807, 2.05) is 36.4 Å². The van der Waals surface area contributed by atoms with Gasteiger partial charge in [0.2, 0.25) is 11.9 Å². The van der Waals surface area contributed by atoms with Crippen molar-refractivity contribution in [3.63, 3.8) is 0 Å². The number of rotatable bonds is 6. The Labute approximate surface area is 182 Å². The number of H-pyrrole nitrogens is 1. The van der Waals surface area contributed by atoms with Crippen LogP contribution < -0.4 is 10.9 Å². The molecular weight excluding hydrogens is 418 g/mol. The van der Waals surface area contributed by atoms with Crippen LogP contribution in [0.5, 0.6) is 0 Å². The number of carbonyl (C=O) groups is 1. The number of nitrogens with one attached hydrogen (secondary N) is 2. The maximum atomic E-state index is 12.0. The standard InChI is InChI=1S/C22H18ClN5O3/c1-2-31-19(30)12-15-11-18(29)26-21(24-15)28-22-25-17-9-8-14(23)10-16(17)20(27-22)13-6-4-3-5-7-13/h3-11H,2,12H2,1H3,(H2,24,25,26,27,28,29). The van der Waals surface area contributed by atoms with Crippen molar-refractivity contribution in [3.05, 3.63) is 75.7 Å². The molecule has 0 spiro atoms. The zero-order valence-corrected chi connectivity index (χ0v) is 17.3. The van der Waals surface area contributed by atoms with Crippen LogP contribution in [0.15, 0.2) is 59.4 Å². The SMILES string of the molecule is CCOC(=O)Cc1cc(=O)[nH]c(Nc2nc(-c3ccccc3)c3cc(Cl)ccc3n2)n1. The minimum Gasteiger partial charge on any atom is -0.466 e. The molecule has 8 nitrogen and oxygen atoms in total. The molecule has 0 aliphatic rings. The Balaban J connectivity index is 1.74. The van der Waals surface area contributed by atoms with Crippen LogP contribution in [0.2, 0.25) is 5.02 Å². The normalized spacial score (nSPS) is 10.8. The Kier molecular flexibility index (Phi) is 5.90. The molecule has 0 atom stereocenters. The van der Waals surface area contributed by atoms with Crippen LogP contribution >= 0.6 is 11.6 Å². The first-order valence-electron chi connectivity index (χ1n) is 9.57. The van der Waals surface area contributed by atoms with Crippen molar-refractivity contribution >= 4 is 40.4 Å². The van der Waals surface area contributed by atoms with Crippen LogP contribution in [0.25, 0.3) is 22.2 Å². The van der Waals surface area contributed by atoms with Crippen LogP contribution in [-0.4, -0.2) is 32.5 Å². The molecule has 0 saturated heterocycles. The van der Waals surface area contributed by atoms with Crippen LogP contribution in [0.3, 0.4) is 0 Å². The van der Waals surface area contributed by atoms with Crippen molar-refractivity contribution < 1.29 is 9.53 Å². The third kappa shape index (κ3) is 4.87. The van der Waals surface area contributed by atoms with E-state index in [1.165, 1.54) is 6.07 Å². The lowest BCUT2D eigenvalue weighted by atomic mass is 10.1. The second-order valence-corrected chi connectivity index (χ2v) is 7.05. The molecule has 0 saturated carbocycles. The second-order valence-electron chi connectivity index (χ2n) is 6.62. The predicted octanol–water partition coefficient (Wildman–Crippen LogP) is 3.88. The van der Waals surface area contributed by atoms with Gasteiger partial charge >= 0.3 is 5.97 Å². The van der Waals surface area contributed by atoms with Crippen LogP contribution in [0.1, 0.15) is 12.6 Å². The first-order chi connectivity index (χ1) is 15.0.